The van der Waals surface area contributed by atoms with Crippen molar-refractivity contribution < 1.29 is 18.0 Å². The van der Waals surface area contributed by atoms with E-state index in [9.17, 15) is 18.0 Å². The number of aromatic nitrogens is 2. The molecule has 1 aliphatic carbocycles. The number of halogens is 3. The Kier molecular flexibility index (Phi) is 3.73. The topological polar surface area (TPSA) is 66.9 Å². The van der Waals surface area contributed by atoms with E-state index in [-0.39, 0.29) is 23.0 Å². The molecule has 1 saturated carbocycles. The second-order valence-corrected chi connectivity index (χ2v) is 7.54. The van der Waals surface area contributed by atoms with Crippen molar-refractivity contribution in [2.75, 3.05) is 13.1 Å². The van der Waals surface area contributed by atoms with E-state index in [4.69, 9.17) is 0 Å². The molecule has 0 spiro atoms. The Balaban J connectivity index is 1.70. The van der Waals surface area contributed by atoms with E-state index in [1.165, 1.54) is 6.07 Å². The van der Waals surface area contributed by atoms with Gasteiger partial charge in [-0.05, 0) is 44.8 Å². The fraction of sp³-hybridized carbons (Fsp3) is 0.500. The van der Waals surface area contributed by atoms with Gasteiger partial charge in [-0.3, -0.25) is 4.79 Å². The number of alkyl halides is 3. The number of piperidine rings is 1. The van der Waals surface area contributed by atoms with E-state index in [1.54, 1.807) is 32.0 Å². The number of hydrogen-bond donors (Lipinski definition) is 2. The van der Waals surface area contributed by atoms with Crippen LogP contribution < -0.4 is 10.6 Å². The molecule has 0 radical (unpaired) electrons. The van der Waals surface area contributed by atoms with E-state index < -0.39 is 17.5 Å². The van der Waals surface area contributed by atoms with Crippen LogP contribution in [0.3, 0.4) is 0 Å². The maximum atomic E-state index is 13.2. The van der Waals surface area contributed by atoms with Crippen LogP contribution in [0.2, 0.25) is 0 Å². The van der Waals surface area contributed by atoms with Gasteiger partial charge >= 0.3 is 6.18 Å². The van der Waals surface area contributed by atoms with Crippen LogP contribution in [0, 0.1) is 17.8 Å². The summed E-state index contributed by atoms with van der Waals surface area (Å²) in [6.07, 6.45) is -4.65. The predicted octanol–water partition coefficient (Wildman–Crippen LogP) is 2.47. The molecule has 0 unspecified atom stereocenters. The van der Waals surface area contributed by atoms with Crippen LogP contribution in [-0.2, 0) is 16.5 Å². The number of carbonyl (C=O) groups is 1. The summed E-state index contributed by atoms with van der Waals surface area (Å²) >= 11 is 0. The number of rotatable bonds is 3. The van der Waals surface area contributed by atoms with E-state index in [2.05, 4.69) is 20.6 Å². The summed E-state index contributed by atoms with van der Waals surface area (Å²) in [7, 11) is 0. The molecule has 138 valence electrons. The van der Waals surface area contributed by atoms with Gasteiger partial charge < -0.3 is 10.6 Å². The molecule has 1 aromatic carbocycles. The Morgan fingerprint density at radius 1 is 1.15 bits per heavy atom. The summed E-state index contributed by atoms with van der Waals surface area (Å²) in [6.45, 7) is 4.99. The first kappa shape index (κ1) is 17.2. The Morgan fingerprint density at radius 3 is 2.46 bits per heavy atom. The fourth-order valence-electron chi connectivity index (χ4n) is 3.94. The number of amides is 1. The third-order valence-corrected chi connectivity index (χ3v) is 5.28. The molecular weight excluding hydrogens is 345 g/mol. The minimum Gasteiger partial charge on any atom is -0.345 e. The lowest BCUT2D eigenvalue weighted by Crippen LogP contribution is -2.44. The van der Waals surface area contributed by atoms with Crippen molar-refractivity contribution in [1.29, 1.82) is 0 Å². The summed E-state index contributed by atoms with van der Waals surface area (Å²) < 4.78 is 39.7. The molecule has 3 atom stereocenters. The summed E-state index contributed by atoms with van der Waals surface area (Å²) in [5, 5.41) is 6.64. The zero-order valence-electron chi connectivity index (χ0n) is 14.4. The van der Waals surface area contributed by atoms with Crippen molar-refractivity contribution in [2.45, 2.75) is 25.6 Å². The van der Waals surface area contributed by atoms with Crippen LogP contribution in [0.1, 0.15) is 25.4 Å². The average Bonchev–Trinajstić information content (AvgIpc) is 3.06. The number of hydrogen-bond acceptors (Lipinski definition) is 4. The molecule has 2 heterocycles. The minimum atomic E-state index is -4.65. The lowest BCUT2D eigenvalue weighted by Gasteiger charge is -2.28. The molecule has 4 rings (SSSR count). The molecule has 2 aliphatic rings. The second kappa shape index (κ2) is 5.64. The minimum absolute atomic E-state index is 0.0642. The van der Waals surface area contributed by atoms with Gasteiger partial charge in [-0.1, -0.05) is 18.2 Å². The van der Waals surface area contributed by atoms with Crippen LogP contribution in [-0.4, -0.2) is 29.0 Å². The summed E-state index contributed by atoms with van der Waals surface area (Å²) in [6, 6.07) is 6.54. The van der Waals surface area contributed by atoms with Gasteiger partial charge in [-0.2, -0.15) is 13.2 Å². The number of carbonyl (C=O) groups excluding carboxylic acids is 1. The number of fused-ring (bicyclic) bond motifs is 2. The molecule has 1 aromatic heterocycles. The molecule has 2 aromatic rings. The molecular formula is C18H19F3N4O. The Hall–Kier alpha value is -2.22. The fourth-order valence-corrected chi connectivity index (χ4v) is 3.94. The zero-order chi connectivity index (χ0) is 18.7. The van der Waals surface area contributed by atoms with Crippen molar-refractivity contribution in [3.8, 4) is 0 Å². The van der Waals surface area contributed by atoms with Gasteiger partial charge in [0.05, 0.1) is 16.7 Å². The van der Waals surface area contributed by atoms with Gasteiger partial charge in [-0.25, -0.2) is 9.97 Å². The molecule has 1 aliphatic heterocycles. The van der Waals surface area contributed by atoms with Crippen molar-refractivity contribution in [2.24, 2.45) is 17.8 Å². The standard InChI is InChI=1S/C18H19F3N4O/c1-17(2,25-15(26)13-10-7-22-8-11(10)13)14-9-5-3-4-6-12(9)23-16(24-14)18(19,20)21/h3-6,10-11,13,22H,7-8H2,1-2H3,(H,25,26)/t10-,11+,13+. The SMILES string of the molecule is CC(C)(NC(=O)[C@H]1[C@@H]2CNC[C@@H]21)c1nc(C(F)(F)F)nc2ccccc12. The first-order valence-electron chi connectivity index (χ1n) is 8.56. The number of benzene rings is 1. The smallest absolute Gasteiger partial charge is 0.345 e. The lowest BCUT2D eigenvalue weighted by atomic mass is 9.95. The molecule has 26 heavy (non-hydrogen) atoms. The molecule has 2 N–H and O–H groups in total. The summed E-state index contributed by atoms with van der Waals surface area (Å²) in [4.78, 5) is 20.0. The maximum absolute atomic E-state index is 13.2. The van der Waals surface area contributed by atoms with Gasteiger partial charge in [0, 0.05) is 11.3 Å². The molecule has 1 saturated heterocycles. The highest BCUT2D eigenvalue weighted by molar-refractivity contribution is 5.86. The largest absolute Gasteiger partial charge is 0.451 e. The number of nitrogens with one attached hydrogen (secondary N) is 2. The van der Waals surface area contributed by atoms with Gasteiger partial charge in [0.15, 0.2) is 0 Å². The van der Waals surface area contributed by atoms with E-state index in [0.29, 0.717) is 17.2 Å². The van der Waals surface area contributed by atoms with Gasteiger partial charge in [-0.15, -0.1) is 0 Å². The van der Waals surface area contributed by atoms with E-state index >= 15 is 0 Å². The monoisotopic (exact) mass is 364 g/mol. The van der Waals surface area contributed by atoms with Gasteiger partial charge in [0.25, 0.3) is 0 Å². The Labute approximate surface area is 148 Å². The van der Waals surface area contributed by atoms with E-state index in [0.717, 1.165) is 13.1 Å². The van der Waals surface area contributed by atoms with Gasteiger partial charge in [0.1, 0.15) is 0 Å². The first-order valence-corrected chi connectivity index (χ1v) is 8.56. The maximum Gasteiger partial charge on any atom is 0.451 e. The molecule has 5 nitrogen and oxygen atoms in total. The molecule has 8 heteroatoms. The summed E-state index contributed by atoms with van der Waals surface area (Å²) in [5.41, 5.74) is -0.670. The Morgan fingerprint density at radius 2 is 1.81 bits per heavy atom. The highest BCUT2D eigenvalue weighted by Crippen LogP contribution is 2.49. The third-order valence-electron chi connectivity index (χ3n) is 5.28. The predicted molar refractivity (Wildman–Crippen MR) is 89.0 cm³/mol. The van der Waals surface area contributed by atoms with Crippen molar-refractivity contribution in [3.63, 3.8) is 0 Å². The average molecular weight is 364 g/mol. The first-order chi connectivity index (χ1) is 12.2. The van der Waals surface area contributed by atoms with Crippen LogP contribution in [0.15, 0.2) is 24.3 Å². The Bertz CT molecular complexity index is 870. The lowest BCUT2D eigenvalue weighted by molar-refractivity contribution is -0.144. The summed E-state index contributed by atoms with van der Waals surface area (Å²) in [5.74, 6) is -0.716. The quantitative estimate of drug-likeness (QED) is 0.878. The normalized spacial score (nSPS) is 25.2. The molecule has 1 amide bonds. The van der Waals surface area contributed by atoms with Crippen molar-refractivity contribution in [1.82, 2.24) is 20.6 Å². The second-order valence-electron chi connectivity index (χ2n) is 7.54. The number of para-hydroxylation sites is 1. The third kappa shape index (κ3) is 2.82. The van der Waals surface area contributed by atoms with Crippen LogP contribution in [0.5, 0.6) is 0 Å². The van der Waals surface area contributed by atoms with Crippen molar-refractivity contribution in [3.05, 3.63) is 35.8 Å². The molecule has 2 fully saturated rings. The molecule has 0 bridgehead atoms. The number of nitrogens with zero attached hydrogens (tertiary/aromatic N) is 2. The van der Waals surface area contributed by atoms with Crippen LogP contribution >= 0.6 is 0 Å². The van der Waals surface area contributed by atoms with Crippen molar-refractivity contribution >= 4 is 16.8 Å². The van der Waals surface area contributed by atoms with Crippen LogP contribution in [0.25, 0.3) is 10.9 Å². The van der Waals surface area contributed by atoms with Gasteiger partial charge in [0.2, 0.25) is 11.7 Å². The highest BCUT2D eigenvalue weighted by Gasteiger charge is 2.57. The van der Waals surface area contributed by atoms with Crippen LogP contribution in [0.4, 0.5) is 13.2 Å². The highest BCUT2D eigenvalue weighted by atomic mass is 19.4. The van der Waals surface area contributed by atoms with E-state index in [1.807, 2.05) is 0 Å². The zero-order valence-corrected chi connectivity index (χ0v) is 14.4.